The van der Waals surface area contributed by atoms with E-state index in [2.05, 4.69) is 5.32 Å². The lowest BCUT2D eigenvalue weighted by atomic mass is 10.2. The molecule has 0 radical (unpaired) electrons. The first-order valence-corrected chi connectivity index (χ1v) is 7.82. The van der Waals surface area contributed by atoms with Gasteiger partial charge in [-0.2, -0.15) is 4.31 Å². The van der Waals surface area contributed by atoms with Crippen LogP contribution in [0.15, 0.2) is 29.2 Å². The highest BCUT2D eigenvalue weighted by molar-refractivity contribution is 7.89. The second kappa shape index (κ2) is 5.90. The Hall–Kier alpha value is -1.11. The molecule has 1 N–H and O–H groups in total. The Morgan fingerprint density at radius 3 is 2.89 bits per heavy atom. The van der Waals surface area contributed by atoms with E-state index in [1.807, 2.05) is 0 Å². The number of likely N-dealkylation sites (N-methyl/N-ethyl adjacent to an activating group) is 1. The van der Waals surface area contributed by atoms with Gasteiger partial charge in [-0.15, -0.1) is 0 Å². The molecule has 0 amide bonds. The van der Waals surface area contributed by atoms with E-state index in [-0.39, 0.29) is 10.9 Å². The third-order valence-corrected chi connectivity index (χ3v) is 5.21. The maximum absolute atomic E-state index is 12.4. The predicted octanol–water partition coefficient (Wildman–Crippen LogP) is 1.07. The van der Waals surface area contributed by atoms with E-state index < -0.39 is 10.0 Å². The van der Waals surface area contributed by atoms with Crippen LogP contribution in [0.5, 0.6) is 5.75 Å². The number of rotatable bonds is 5. The molecule has 5 nitrogen and oxygen atoms in total. The highest BCUT2D eigenvalue weighted by Gasteiger charge is 2.25. The Labute approximate surface area is 114 Å². The summed E-state index contributed by atoms with van der Waals surface area (Å²) in [6.07, 6.45) is 2.13. The van der Waals surface area contributed by atoms with Crippen LogP contribution < -0.4 is 10.1 Å². The largest absolute Gasteiger partial charge is 0.497 e. The van der Waals surface area contributed by atoms with Gasteiger partial charge in [0, 0.05) is 25.7 Å². The van der Waals surface area contributed by atoms with Crippen molar-refractivity contribution >= 4 is 10.0 Å². The van der Waals surface area contributed by atoms with Gasteiger partial charge < -0.3 is 10.1 Å². The van der Waals surface area contributed by atoms with E-state index in [0.29, 0.717) is 12.3 Å². The summed E-state index contributed by atoms with van der Waals surface area (Å²) in [5, 5.41) is 3.30. The topological polar surface area (TPSA) is 58.6 Å². The molecule has 106 valence electrons. The normalized spacial score (nSPS) is 19.8. The van der Waals surface area contributed by atoms with Crippen molar-refractivity contribution in [1.82, 2.24) is 9.62 Å². The van der Waals surface area contributed by atoms with Gasteiger partial charge in [-0.05, 0) is 31.5 Å². The first-order valence-electron chi connectivity index (χ1n) is 6.38. The average Bonchev–Trinajstić information content (AvgIpc) is 2.91. The van der Waals surface area contributed by atoms with Crippen molar-refractivity contribution in [3.8, 4) is 5.75 Å². The standard InChI is InChI=1S/C13H20N2O3S/c1-15(10-11-5-4-8-14-11)19(16,17)13-7-3-6-12(9-13)18-2/h3,6-7,9,11,14H,4-5,8,10H2,1-2H3. The summed E-state index contributed by atoms with van der Waals surface area (Å²) >= 11 is 0. The van der Waals surface area contributed by atoms with E-state index in [0.717, 1.165) is 19.4 Å². The van der Waals surface area contributed by atoms with Gasteiger partial charge in [-0.25, -0.2) is 8.42 Å². The highest BCUT2D eigenvalue weighted by atomic mass is 32.2. The van der Waals surface area contributed by atoms with Gasteiger partial charge in [0.2, 0.25) is 10.0 Å². The Bertz CT molecular complexity index is 524. The summed E-state index contributed by atoms with van der Waals surface area (Å²) in [6, 6.07) is 6.82. The molecule has 1 aliphatic rings. The fourth-order valence-corrected chi connectivity index (χ4v) is 3.51. The summed E-state index contributed by atoms with van der Waals surface area (Å²) in [4.78, 5) is 0.271. The van der Waals surface area contributed by atoms with Gasteiger partial charge in [0.15, 0.2) is 0 Å². The van der Waals surface area contributed by atoms with Gasteiger partial charge in [-0.3, -0.25) is 0 Å². The van der Waals surface area contributed by atoms with Crippen LogP contribution in [0.4, 0.5) is 0 Å². The van der Waals surface area contributed by atoms with Gasteiger partial charge in [0.25, 0.3) is 0 Å². The van der Waals surface area contributed by atoms with E-state index in [4.69, 9.17) is 4.74 Å². The van der Waals surface area contributed by atoms with E-state index in [1.165, 1.54) is 11.4 Å². The summed E-state index contributed by atoms with van der Waals surface area (Å²) in [7, 11) is -0.300. The zero-order valence-electron chi connectivity index (χ0n) is 11.3. The number of hydrogen-bond acceptors (Lipinski definition) is 4. The van der Waals surface area contributed by atoms with Crippen molar-refractivity contribution in [2.45, 2.75) is 23.8 Å². The molecule has 1 atom stereocenters. The molecule has 19 heavy (non-hydrogen) atoms. The number of ether oxygens (including phenoxy) is 1. The van der Waals surface area contributed by atoms with Crippen LogP contribution in [0.25, 0.3) is 0 Å². The maximum atomic E-state index is 12.4. The number of nitrogens with zero attached hydrogens (tertiary/aromatic N) is 1. The summed E-state index contributed by atoms with van der Waals surface area (Å²) in [6.45, 7) is 1.47. The van der Waals surface area contributed by atoms with Crippen molar-refractivity contribution in [1.29, 1.82) is 0 Å². The molecule has 2 rings (SSSR count). The molecule has 0 bridgehead atoms. The molecule has 0 saturated carbocycles. The lowest BCUT2D eigenvalue weighted by molar-refractivity contribution is 0.409. The third kappa shape index (κ3) is 3.26. The van der Waals surface area contributed by atoms with Crippen molar-refractivity contribution < 1.29 is 13.2 Å². The molecular formula is C13H20N2O3S. The smallest absolute Gasteiger partial charge is 0.243 e. The van der Waals surface area contributed by atoms with Crippen molar-refractivity contribution in [3.05, 3.63) is 24.3 Å². The lowest BCUT2D eigenvalue weighted by Gasteiger charge is -2.21. The first kappa shape index (κ1) is 14.3. The summed E-state index contributed by atoms with van der Waals surface area (Å²) in [5.74, 6) is 0.550. The SMILES string of the molecule is COc1cccc(S(=O)(=O)N(C)CC2CCCN2)c1. The fourth-order valence-electron chi connectivity index (χ4n) is 2.26. The van der Waals surface area contributed by atoms with Gasteiger partial charge >= 0.3 is 0 Å². The van der Waals surface area contributed by atoms with Crippen LogP contribution in [0.2, 0.25) is 0 Å². The molecular weight excluding hydrogens is 264 g/mol. The summed E-state index contributed by atoms with van der Waals surface area (Å²) in [5.41, 5.74) is 0. The Morgan fingerprint density at radius 1 is 1.47 bits per heavy atom. The van der Waals surface area contributed by atoms with Crippen LogP contribution in [0.1, 0.15) is 12.8 Å². The molecule has 6 heteroatoms. The predicted molar refractivity (Wildman–Crippen MR) is 73.8 cm³/mol. The minimum atomic E-state index is -3.45. The van der Waals surface area contributed by atoms with E-state index in [9.17, 15) is 8.42 Å². The van der Waals surface area contributed by atoms with Crippen LogP contribution >= 0.6 is 0 Å². The minimum absolute atomic E-state index is 0.255. The molecule has 0 aliphatic carbocycles. The molecule has 0 aromatic heterocycles. The minimum Gasteiger partial charge on any atom is -0.497 e. The van der Waals surface area contributed by atoms with Crippen molar-refractivity contribution in [3.63, 3.8) is 0 Å². The third-order valence-electron chi connectivity index (χ3n) is 3.39. The lowest BCUT2D eigenvalue weighted by Crippen LogP contribution is -2.38. The van der Waals surface area contributed by atoms with Gasteiger partial charge in [0.05, 0.1) is 12.0 Å². The monoisotopic (exact) mass is 284 g/mol. The van der Waals surface area contributed by atoms with Crippen LogP contribution in [-0.4, -0.2) is 46.0 Å². The van der Waals surface area contributed by atoms with Crippen molar-refractivity contribution in [2.75, 3.05) is 27.2 Å². The number of nitrogens with one attached hydrogen (secondary N) is 1. The van der Waals surface area contributed by atoms with Crippen LogP contribution in [-0.2, 0) is 10.0 Å². The molecule has 1 unspecified atom stereocenters. The summed E-state index contributed by atoms with van der Waals surface area (Å²) < 4.78 is 31.3. The number of hydrogen-bond donors (Lipinski definition) is 1. The quantitative estimate of drug-likeness (QED) is 0.878. The van der Waals surface area contributed by atoms with Crippen LogP contribution in [0, 0.1) is 0 Å². The fraction of sp³-hybridized carbons (Fsp3) is 0.538. The van der Waals surface area contributed by atoms with Crippen LogP contribution in [0.3, 0.4) is 0 Å². The molecule has 1 aliphatic heterocycles. The first-order chi connectivity index (χ1) is 9.04. The zero-order chi connectivity index (χ0) is 13.9. The molecule has 0 spiro atoms. The van der Waals surface area contributed by atoms with Crippen molar-refractivity contribution in [2.24, 2.45) is 0 Å². The molecule has 1 heterocycles. The molecule has 1 aromatic rings. The molecule has 1 saturated heterocycles. The highest BCUT2D eigenvalue weighted by Crippen LogP contribution is 2.20. The second-order valence-electron chi connectivity index (χ2n) is 4.76. The molecule has 1 fully saturated rings. The number of methoxy groups -OCH3 is 1. The zero-order valence-corrected chi connectivity index (χ0v) is 12.1. The number of sulfonamides is 1. The van der Waals surface area contributed by atoms with E-state index in [1.54, 1.807) is 31.3 Å². The van der Waals surface area contributed by atoms with E-state index >= 15 is 0 Å². The number of benzene rings is 1. The second-order valence-corrected chi connectivity index (χ2v) is 6.80. The average molecular weight is 284 g/mol. The van der Waals surface area contributed by atoms with Gasteiger partial charge in [-0.1, -0.05) is 6.07 Å². The maximum Gasteiger partial charge on any atom is 0.243 e. The Balaban J connectivity index is 2.15. The molecule has 1 aromatic carbocycles. The Kier molecular flexibility index (Phi) is 4.44. The van der Waals surface area contributed by atoms with Gasteiger partial charge in [0.1, 0.15) is 5.75 Å². The Morgan fingerprint density at radius 2 is 2.26 bits per heavy atom.